The molecule has 1 fully saturated rings. The minimum Gasteiger partial charge on any atom is -0.366 e. The van der Waals surface area contributed by atoms with Crippen molar-refractivity contribution in [3.05, 3.63) is 59.8 Å². The molecule has 4 nitrogen and oxygen atoms in total. The molecule has 0 spiro atoms. The fourth-order valence-electron chi connectivity index (χ4n) is 3.55. The highest BCUT2D eigenvalue weighted by molar-refractivity contribution is 5.93. The summed E-state index contributed by atoms with van der Waals surface area (Å²) in [5, 5.41) is 4.84. The molecule has 2 aromatic carbocycles. The molecule has 4 heteroatoms. The third-order valence-corrected chi connectivity index (χ3v) is 4.90. The Morgan fingerprint density at radius 2 is 1.92 bits per heavy atom. The van der Waals surface area contributed by atoms with E-state index in [-0.39, 0.29) is 0 Å². The third-order valence-electron chi connectivity index (χ3n) is 4.90. The van der Waals surface area contributed by atoms with Crippen LogP contribution in [-0.4, -0.2) is 23.5 Å². The van der Waals surface area contributed by atoms with Crippen molar-refractivity contribution < 1.29 is 4.79 Å². The number of carbonyl (C=O) groups is 1. The summed E-state index contributed by atoms with van der Waals surface area (Å²) < 4.78 is 0. The number of hydrogen-bond donors (Lipinski definition) is 3. The molecule has 1 aromatic heterocycles. The number of amides is 1. The largest absolute Gasteiger partial charge is 0.366 e. The Balaban J connectivity index is 1.67. The Bertz CT molecular complexity index is 874. The van der Waals surface area contributed by atoms with Gasteiger partial charge >= 0.3 is 0 Å². The van der Waals surface area contributed by atoms with E-state index in [0.717, 1.165) is 24.1 Å². The summed E-state index contributed by atoms with van der Waals surface area (Å²) in [7, 11) is 0. The van der Waals surface area contributed by atoms with Crippen molar-refractivity contribution in [3.8, 4) is 11.1 Å². The summed E-state index contributed by atoms with van der Waals surface area (Å²) in [6.07, 6.45) is 5.71. The topological polar surface area (TPSA) is 70.9 Å². The Kier molecular flexibility index (Phi) is 3.82. The highest BCUT2D eigenvalue weighted by atomic mass is 16.1. The standard InChI is InChI=1S/C20H21N3O/c21-20(24)14-5-3-13(4-6-14)15-7-8-19-18(11-15)16(12-23-19)10-17-2-1-9-22-17/h3-8,11-12,17,22-23H,1-2,9-10H2,(H2,21,24). The maximum atomic E-state index is 11.2. The summed E-state index contributed by atoms with van der Waals surface area (Å²) in [6, 6.07) is 14.5. The van der Waals surface area contributed by atoms with Crippen molar-refractivity contribution in [1.82, 2.24) is 10.3 Å². The van der Waals surface area contributed by atoms with Crippen LogP contribution in [0.15, 0.2) is 48.7 Å². The first-order valence-corrected chi connectivity index (χ1v) is 8.44. The Hall–Kier alpha value is -2.59. The number of primary amides is 1. The summed E-state index contributed by atoms with van der Waals surface area (Å²) in [5.74, 6) is -0.394. The van der Waals surface area contributed by atoms with Crippen molar-refractivity contribution in [2.45, 2.75) is 25.3 Å². The van der Waals surface area contributed by atoms with Gasteiger partial charge in [0, 0.05) is 28.7 Å². The van der Waals surface area contributed by atoms with Gasteiger partial charge in [-0.05, 0) is 66.8 Å². The predicted molar refractivity (Wildman–Crippen MR) is 97.0 cm³/mol. The summed E-state index contributed by atoms with van der Waals surface area (Å²) >= 11 is 0. The van der Waals surface area contributed by atoms with Gasteiger partial charge in [0.25, 0.3) is 0 Å². The second-order valence-corrected chi connectivity index (χ2v) is 6.51. The van der Waals surface area contributed by atoms with Crippen LogP contribution < -0.4 is 11.1 Å². The van der Waals surface area contributed by atoms with Crippen LogP contribution in [0.1, 0.15) is 28.8 Å². The molecular weight excluding hydrogens is 298 g/mol. The number of H-pyrrole nitrogens is 1. The number of hydrogen-bond acceptors (Lipinski definition) is 2. The van der Waals surface area contributed by atoms with Gasteiger partial charge in [-0.25, -0.2) is 0 Å². The van der Waals surface area contributed by atoms with Crippen LogP contribution in [0.25, 0.3) is 22.0 Å². The molecule has 3 aromatic rings. The molecular formula is C20H21N3O. The number of benzene rings is 2. The number of aromatic amines is 1. The maximum Gasteiger partial charge on any atom is 0.248 e. The SMILES string of the molecule is NC(=O)c1ccc(-c2ccc3[nH]cc(CC4CCCN4)c3c2)cc1. The van der Waals surface area contributed by atoms with Gasteiger partial charge in [-0.1, -0.05) is 18.2 Å². The lowest BCUT2D eigenvalue weighted by Gasteiger charge is -2.09. The Labute approximate surface area is 141 Å². The van der Waals surface area contributed by atoms with Crippen molar-refractivity contribution in [2.24, 2.45) is 5.73 Å². The molecule has 4 N–H and O–H groups in total. The van der Waals surface area contributed by atoms with Crippen LogP contribution in [0, 0.1) is 0 Å². The van der Waals surface area contributed by atoms with Gasteiger partial charge in [0.05, 0.1) is 0 Å². The first kappa shape index (κ1) is 15.0. The number of rotatable bonds is 4. The first-order valence-electron chi connectivity index (χ1n) is 8.44. The number of aromatic nitrogens is 1. The second kappa shape index (κ2) is 6.13. The van der Waals surface area contributed by atoms with Gasteiger partial charge in [-0.15, -0.1) is 0 Å². The van der Waals surface area contributed by atoms with Gasteiger partial charge in [0.1, 0.15) is 0 Å². The average molecular weight is 319 g/mol. The molecule has 0 bridgehead atoms. The lowest BCUT2D eigenvalue weighted by molar-refractivity contribution is 0.100. The molecule has 1 amide bonds. The van der Waals surface area contributed by atoms with Crippen molar-refractivity contribution >= 4 is 16.8 Å². The lowest BCUT2D eigenvalue weighted by atomic mass is 9.99. The fraction of sp³-hybridized carbons (Fsp3) is 0.250. The smallest absolute Gasteiger partial charge is 0.248 e. The normalized spacial score (nSPS) is 17.4. The molecule has 0 aliphatic carbocycles. The quantitative estimate of drug-likeness (QED) is 0.691. The molecule has 24 heavy (non-hydrogen) atoms. The summed E-state index contributed by atoms with van der Waals surface area (Å²) in [4.78, 5) is 14.6. The van der Waals surface area contributed by atoms with E-state index in [9.17, 15) is 4.79 Å². The highest BCUT2D eigenvalue weighted by Gasteiger charge is 2.16. The Morgan fingerprint density at radius 1 is 1.12 bits per heavy atom. The number of nitrogens with one attached hydrogen (secondary N) is 2. The molecule has 1 aliphatic rings. The summed E-state index contributed by atoms with van der Waals surface area (Å²) in [6.45, 7) is 1.13. The fourth-order valence-corrected chi connectivity index (χ4v) is 3.55. The lowest BCUT2D eigenvalue weighted by Crippen LogP contribution is -2.23. The van der Waals surface area contributed by atoms with Crippen LogP contribution in [0.2, 0.25) is 0 Å². The van der Waals surface area contributed by atoms with Crippen molar-refractivity contribution in [1.29, 1.82) is 0 Å². The van der Waals surface area contributed by atoms with E-state index in [1.54, 1.807) is 12.1 Å². The van der Waals surface area contributed by atoms with Gasteiger partial charge in [-0.3, -0.25) is 4.79 Å². The minimum absolute atomic E-state index is 0.394. The van der Waals surface area contributed by atoms with E-state index in [2.05, 4.69) is 34.7 Å². The van der Waals surface area contributed by atoms with E-state index in [0.29, 0.717) is 11.6 Å². The molecule has 1 saturated heterocycles. The molecule has 4 rings (SSSR count). The van der Waals surface area contributed by atoms with Gasteiger partial charge < -0.3 is 16.0 Å². The van der Waals surface area contributed by atoms with Gasteiger partial charge in [0.15, 0.2) is 0 Å². The zero-order valence-corrected chi connectivity index (χ0v) is 13.5. The molecule has 2 heterocycles. The number of fused-ring (bicyclic) bond motifs is 1. The monoisotopic (exact) mass is 319 g/mol. The van der Waals surface area contributed by atoms with Gasteiger partial charge in [-0.2, -0.15) is 0 Å². The molecule has 1 aliphatic heterocycles. The van der Waals surface area contributed by atoms with E-state index in [4.69, 9.17) is 5.73 Å². The number of nitrogens with two attached hydrogens (primary N) is 1. The molecule has 122 valence electrons. The highest BCUT2D eigenvalue weighted by Crippen LogP contribution is 2.28. The first-order chi connectivity index (χ1) is 11.7. The average Bonchev–Trinajstić information content (AvgIpc) is 3.25. The van der Waals surface area contributed by atoms with Crippen LogP contribution in [0.4, 0.5) is 0 Å². The van der Waals surface area contributed by atoms with E-state index >= 15 is 0 Å². The van der Waals surface area contributed by atoms with Crippen molar-refractivity contribution in [2.75, 3.05) is 6.54 Å². The predicted octanol–water partition coefficient (Wildman–Crippen LogP) is 3.23. The molecule has 1 unspecified atom stereocenters. The Morgan fingerprint density at radius 3 is 2.62 bits per heavy atom. The zero-order chi connectivity index (χ0) is 16.5. The maximum absolute atomic E-state index is 11.2. The number of carbonyl (C=O) groups excluding carboxylic acids is 1. The third kappa shape index (κ3) is 2.81. The second-order valence-electron chi connectivity index (χ2n) is 6.51. The van der Waals surface area contributed by atoms with E-state index < -0.39 is 5.91 Å². The summed E-state index contributed by atoms with van der Waals surface area (Å²) in [5.41, 5.74) is 10.6. The molecule has 0 radical (unpaired) electrons. The van der Waals surface area contributed by atoms with Gasteiger partial charge in [0.2, 0.25) is 5.91 Å². The van der Waals surface area contributed by atoms with Crippen LogP contribution in [0.5, 0.6) is 0 Å². The van der Waals surface area contributed by atoms with E-state index in [1.807, 2.05) is 12.1 Å². The zero-order valence-electron chi connectivity index (χ0n) is 13.5. The van der Waals surface area contributed by atoms with Crippen LogP contribution in [-0.2, 0) is 6.42 Å². The van der Waals surface area contributed by atoms with Crippen molar-refractivity contribution in [3.63, 3.8) is 0 Å². The van der Waals surface area contributed by atoms with E-state index in [1.165, 1.54) is 29.3 Å². The molecule has 0 saturated carbocycles. The minimum atomic E-state index is -0.394. The molecule has 1 atom stereocenters. The van der Waals surface area contributed by atoms with Crippen LogP contribution in [0.3, 0.4) is 0 Å². The van der Waals surface area contributed by atoms with Crippen LogP contribution >= 0.6 is 0 Å².